The van der Waals surface area contributed by atoms with Crippen LogP contribution < -0.4 is 10.2 Å². The molecule has 7 heteroatoms. The molecule has 2 fully saturated rings. The Balaban J connectivity index is 1.28. The Bertz CT molecular complexity index is 934. The summed E-state index contributed by atoms with van der Waals surface area (Å²) in [5.74, 6) is -0.684. The molecule has 1 N–H and O–H groups in total. The zero-order valence-electron chi connectivity index (χ0n) is 18.5. The standard InChI is InChI=1S/C25H30ClN3O3/c1-2-28-14-16-29(17-15-28)22-10-8-21(9-11-22)27-23(30)18-32-24(31)25(12-3-13-25)19-4-6-20(26)7-5-19/h4-11H,2-3,12-18H2,1H3,(H,27,30). The summed E-state index contributed by atoms with van der Waals surface area (Å²) in [6.07, 6.45) is 2.41. The highest BCUT2D eigenvalue weighted by molar-refractivity contribution is 6.30. The van der Waals surface area contributed by atoms with Crippen LogP contribution in [0.3, 0.4) is 0 Å². The molecule has 6 nitrogen and oxygen atoms in total. The van der Waals surface area contributed by atoms with Gasteiger partial charge in [0, 0.05) is 42.6 Å². The van der Waals surface area contributed by atoms with Gasteiger partial charge in [0.25, 0.3) is 5.91 Å². The van der Waals surface area contributed by atoms with Gasteiger partial charge < -0.3 is 19.9 Å². The van der Waals surface area contributed by atoms with Gasteiger partial charge in [-0.25, -0.2) is 0 Å². The lowest BCUT2D eigenvalue weighted by atomic mass is 9.64. The summed E-state index contributed by atoms with van der Waals surface area (Å²) in [5, 5.41) is 3.45. The third kappa shape index (κ3) is 4.92. The first-order valence-corrected chi connectivity index (χ1v) is 11.7. The number of hydrogen-bond acceptors (Lipinski definition) is 5. The first kappa shape index (κ1) is 22.6. The third-order valence-electron chi connectivity index (χ3n) is 6.66. The maximum atomic E-state index is 12.8. The highest BCUT2D eigenvalue weighted by atomic mass is 35.5. The number of hydrogen-bond donors (Lipinski definition) is 1. The van der Waals surface area contributed by atoms with Gasteiger partial charge in [0.1, 0.15) is 0 Å². The lowest BCUT2D eigenvalue weighted by Crippen LogP contribution is -2.46. The molecule has 4 rings (SSSR count). The van der Waals surface area contributed by atoms with Gasteiger partial charge in [-0.2, -0.15) is 0 Å². The average molecular weight is 456 g/mol. The number of benzene rings is 2. The Labute approximate surface area is 194 Å². The van der Waals surface area contributed by atoms with Crippen molar-refractivity contribution in [3.63, 3.8) is 0 Å². The predicted octanol–water partition coefficient (Wildman–Crippen LogP) is 4.09. The molecule has 1 aliphatic carbocycles. The van der Waals surface area contributed by atoms with E-state index in [0.717, 1.165) is 63.2 Å². The second-order valence-corrected chi connectivity index (χ2v) is 8.97. The molecule has 1 aliphatic heterocycles. The summed E-state index contributed by atoms with van der Waals surface area (Å²) in [4.78, 5) is 30.0. The molecule has 0 bridgehead atoms. The molecule has 0 atom stereocenters. The molecule has 2 aliphatic rings. The van der Waals surface area contributed by atoms with Gasteiger partial charge in [-0.1, -0.05) is 37.1 Å². The van der Waals surface area contributed by atoms with Crippen molar-refractivity contribution < 1.29 is 14.3 Å². The second-order valence-electron chi connectivity index (χ2n) is 8.54. The van der Waals surface area contributed by atoms with Crippen molar-refractivity contribution in [1.29, 1.82) is 0 Å². The highest BCUT2D eigenvalue weighted by Gasteiger charge is 2.47. The van der Waals surface area contributed by atoms with E-state index >= 15 is 0 Å². The van der Waals surface area contributed by atoms with E-state index in [1.807, 2.05) is 36.4 Å². The number of likely N-dealkylation sites (N-methyl/N-ethyl adjacent to an activating group) is 1. The van der Waals surface area contributed by atoms with Gasteiger partial charge in [0.05, 0.1) is 5.41 Å². The van der Waals surface area contributed by atoms with Gasteiger partial charge in [-0.15, -0.1) is 0 Å². The Morgan fingerprint density at radius 3 is 2.22 bits per heavy atom. The van der Waals surface area contributed by atoms with Crippen molar-refractivity contribution in [1.82, 2.24) is 4.90 Å². The molecule has 2 aromatic carbocycles. The monoisotopic (exact) mass is 455 g/mol. The summed E-state index contributed by atoms with van der Waals surface area (Å²) in [6, 6.07) is 15.1. The van der Waals surface area contributed by atoms with Gasteiger partial charge in [0.2, 0.25) is 0 Å². The number of halogens is 1. The number of nitrogens with zero attached hydrogens (tertiary/aromatic N) is 2. The first-order valence-electron chi connectivity index (χ1n) is 11.3. The normalized spacial score (nSPS) is 18.0. The van der Waals surface area contributed by atoms with E-state index < -0.39 is 5.41 Å². The lowest BCUT2D eigenvalue weighted by molar-refractivity contribution is -0.156. The van der Waals surface area contributed by atoms with Crippen molar-refractivity contribution in [2.45, 2.75) is 31.6 Å². The fourth-order valence-corrected chi connectivity index (χ4v) is 4.58. The van der Waals surface area contributed by atoms with Crippen molar-refractivity contribution in [2.75, 3.05) is 49.5 Å². The van der Waals surface area contributed by atoms with E-state index in [1.54, 1.807) is 12.1 Å². The van der Waals surface area contributed by atoms with Gasteiger partial charge in [-0.05, 0) is 61.3 Å². The van der Waals surface area contributed by atoms with Crippen LogP contribution in [0.5, 0.6) is 0 Å². The van der Waals surface area contributed by atoms with E-state index in [4.69, 9.17) is 16.3 Å². The highest BCUT2D eigenvalue weighted by Crippen LogP contribution is 2.45. The minimum absolute atomic E-state index is 0.297. The number of anilines is 2. The molecular formula is C25H30ClN3O3. The van der Waals surface area contributed by atoms with Gasteiger partial charge in [-0.3, -0.25) is 9.59 Å². The summed E-state index contributed by atoms with van der Waals surface area (Å²) in [5.41, 5.74) is 2.08. The fraction of sp³-hybridized carbons (Fsp3) is 0.440. The second kappa shape index (κ2) is 9.92. The van der Waals surface area contributed by atoms with E-state index in [2.05, 4.69) is 22.0 Å². The Kier molecular flexibility index (Phi) is 7.01. The maximum Gasteiger partial charge on any atom is 0.317 e. The number of rotatable bonds is 7. The topological polar surface area (TPSA) is 61.9 Å². The summed E-state index contributed by atoms with van der Waals surface area (Å²) in [7, 11) is 0. The SMILES string of the molecule is CCN1CCN(c2ccc(NC(=O)COC(=O)C3(c4ccc(Cl)cc4)CCC3)cc2)CC1. The number of piperazine rings is 1. The minimum Gasteiger partial charge on any atom is -0.455 e. The van der Waals surface area contributed by atoms with E-state index in [-0.39, 0.29) is 18.5 Å². The molecule has 2 aromatic rings. The molecule has 0 unspecified atom stereocenters. The quantitative estimate of drug-likeness (QED) is 0.637. The molecule has 1 heterocycles. The predicted molar refractivity (Wildman–Crippen MR) is 127 cm³/mol. The lowest BCUT2D eigenvalue weighted by Gasteiger charge is -2.39. The molecule has 1 amide bonds. The van der Waals surface area contributed by atoms with Crippen LogP contribution in [0.2, 0.25) is 5.02 Å². The Morgan fingerprint density at radius 1 is 1.00 bits per heavy atom. The molecule has 1 saturated heterocycles. The van der Waals surface area contributed by atoms with Gasteiger partial charge in [0.15, 0.2) is 6.61 Å². The van der Waals surface area contributed by atoms with Crippen LogP contribution in [0.1, 0.15) is 31.7 Å². The van der Waals surface area contributed by atoms with Crippen LogP contribution >= 0.6 is 11.6 Å². The van der Waals surface area contributed by atoms with Crippen molar-refractivity contribution >= 4 is 34.9 Å². The molecule has 32 heavy (non-hydrogen) atoms. The number of carbonyl (C=O) groups excluding carboxylic acids is 2. The van der Waals surface area contributed by atoms with Crippen LogP contribution in [0.4, 0.5) is 11.4 Å². The zero-order valence-corrected chi connectivity index (χ0v) is 19.2. The number of nitrogens with one attached hydrogen (secondary N) is 1. The summed E-state index contributed by atoms with van der Waals surface area (Å²) in [6.45, 7) is 7.12. The Morgan fingerprint density at radius 2 is 1.66 bits per heavy atom. The number of ether oxygens (including phenoxy) is 1. The van der Waals surface area contributed by atoms with Crippen molar-refractivity contribution in [3.8, 4) is 0 Å². The first-order chi connectivity index (χ1) is 15.5. The number of esters is 1. The summed E-state index contributed by atoms with van der Waals surface area (Å²) >= 11 is 5.97. The fourth-order valence-electron chi connectivity index (χ4n) is 4.45. The number of carbonyl (C=O) groups is 2. The smallest absolute Gasteiger partial charge is 0.317 e. The molecule has 1 saturated carbocycles. The maximum absolute atomic E-state index is 12.8. The minimum atomic E-state index is -0.658. The van der Waals surface area contributed by atoms with Crippen LogP contribution in [-0.2, 0) is 19.7 Å². The summed E-state index contributed by atoms with van der Waals surface area (Å²) < 4.78 is 5.41. The van der Waals surface area contributed by atoms with Crippen LogP contribution in [0.15, 0.2) is 48.5 Å². The molecule has 170 valence electrons. The van der Waals surface area contributed by atoms with Gasteiger partial charge >= 0.3 is 5.97 Å². The molecule has 0 spiro atoms. The van der Waals surface area contributed by atoms with E-state index in [0.29, 0.717) is 10.7 Å². The molecule has 0 radical (unpaired) electrons. The number of amides is 1. The van der Waals surface area contributed by atoms with Crippen molar-refractivity contribution in [2.24, 2.45) is 0 Å². The van der Waals surface area contributed by atoms with Crippen molar-refractivity contribution in [3.05, 3.63) is 59.1 Å². The third-order valence-corrected chi connectivity index (χ3v) is 6.92. The Hall–Kier alpha value is -2.57. The van der Waals surface area contributed by atoms with E-state index in [1.165, 1.54) is 0 Å². The average Bonchev–Trinajstić information content (AvgIpc) is 2.79. The largest absolute Gasteiger partial charge is 0.455 e. The van der Waals surface area contributed by atoms with Crippen LogP contribution in [0, 0.1) is 0 Å². The molecule has 0 aromatic heterocycles. The zero-order chi connectivity index (χ0) is 22.6. The van der Waals surface area contributed by atoms with E-state index in [9.17, 15) is 9.59 Å². The molecular weight excluding hydrogens is 426 g/mol. The van der Waals surface area contributed by atoms with Crippen LogP contribution in [-0.4, -0.2) is 56.1 Å². The van der Waals surface area contributed by atoms with Crippen LogP contribution in [0.25, 0.3) is 0 Å².